The van der Waals surface area contributed by atoms with Crippen molar-refractivity contribution in [2.75, 3.05) is 6.61 Å². The maximum absolute atomic E-state index is 12.1. The molecule has 0 saturated carbocycles. The molecule has 1 aromatic carbocycles. The highest BCUT2D eigenvalue weighted by Gasteiger charge is 2.24. The zero-order valence-corrected chi connectivity index (χ0v) is 11.3. The van der Waals surface area contributed by atoms with E-state index in [1.807, 2.05) is 13.8 Å². The van der Waals surface area contributed by atoms with Crippen molar-refractivity contribution < 1.29 is 14.7 Å². The third-order valence-electron chi connectivity index (χ3n) is 3.29. The number of rotatable bonds is 6. The number of primary amides is 1. The van der Waals surface area contributed by atoms with Gasteiger partial charge in [-0.15, -0.1) is 0 Å². The molecule has 0 heterocycles. The molecule has 2 amide bonds. The summed E-state index contributed by atoms with van der Waals surface area (Å²) in [7, 11) is 0. The van der Waals surface area contributed by atoms with Gasteiger partial charge in [-0.25, -0.2) is 0 Å². The largest absolute Gasteiger partial charge is 0.396 e. The van der Waals surface area contributed by atoms with Gasteiger partial charge in [0.2, 0.25) is 5.91 Å². The van der Waals surface area contributed by atoms with Crippen molar-refractivity contribution in [3.8, 4) is 0 Å². The number of amides is 2. The van der Waals surface area contributed by atoms with Crippen molar-refractivity contribution in [1.29, 1.82) is 0 Å². The molecule has 104 valence electrons. The van der Waals surface area contributed by atoms with E-state index in [0.29, 0.717) is 17.5 Å². The number of hydrogen-bond donors (Lipinski definition) is 3. The first kappa shape index (κ1) is 15.2. The highest BCUT2D eigenvalue weighted by molar-refractivity contribution is 5.97. The van der Waals surface area contributed by atoms with E-state index in [-0.39, 0.29) is 12.5 Å². The Morgan fingerprint density at radius 2 is 1.79 bits per heavy atom. The predicted molar refractivity (Wildman–Crippen MR) is 72.8 cm³/mol. The molecule has 0 radical (unpaired) electrons. The molecule has 1 aromatic rings. The highest BCUT2D eigenvalue weighted by atomic mass is 16.3. The monoisotopic (exact) mass is 264 g/mol. The van der Waals surface area contributed by atoms with Crippen LogP contribution in [0.3, 0.4) is 0 Å². The van der Waals surface area contributed by atoms with Crippen molar-refractivity contribution in [1.82, 2.24) is 5.32 Å². The van der Waals surface area contributed by atoms with E-state index in [2.05, 4.69) is 5.32 Å². The lowest BCUT2D eigenvalue weighted by atomic mass is 9.94. The average Bonchev–Trinajstić information content (AvgIpc) is 2.39. The SMILES string of the molecule is CCC(C)(CCO)NC(=O)c1ccc(C(N)=O)cc1. The number of aliphatic hydroxyl groups is 1. The normalized spacial score (nSPS) is 13.6. The Bertz CT molecular complexity index is 456. The van der Waals surface area contributed by atoms with E-state index in [9.17, 15) is 9.59 Å². The number of carbonyl (C=O) groups excluding carboxylic acids is 2. The van der Waals surface area contributed by atoms with E-state index >= 15 is 0 Å². The molecule has 0 aliphatic carbocycles. The third-order valence-corrected chi connectivity index (χ3v) is 3.29. The van der Waals surface area contributed by atoms with Gasteiger partial charge in [-0.05, 0) is 44.0 Å². The van der Waals surface area contributed by atoms with Crippen LogP contribution in [-0.2, 0) is 0 Å². The summed E-state index contributed by atoms with van der Waals surface area (Å²) in [6, 6.07) is 6.16. The summed E-state index contributed by atoms with van der Waals surface area (Å²) >= 11 is 0. The van der Waals surface area contributed by atoms with Crippen LogP contribution in [0.4, 0.5) is 0 Å². The molecule has 1 atom stereocenters. The molecular formula is C14H20N2O3. The lowest BCUT2D eigenvalue weighted by Gasteiger charge is -2.29. The zero-order valence-electron chi connectivity index (χ0n) is 11.3. The minimum Gasteiger partial charge on any atom is -0.396 e. The fraction of sp³-hybridized carbons (Fsp3) is 0.429. The lowest BCUT2D eigenvalue weighted by Crippen LogP contribution is -2.46. The first-order valence-electron chi connectivity index (χ1n) is 6.25. The van der Waals surface area contributed by atoms with Gasteiger partial charge in [0.1, 0.15) is 0 Å². The Morgan fingerprint density at radius 1 is 1.26 bits per heavy atom. The Balaban J connectivity index is 2.80. The van der Waals surface area contributed by atoms with Gasteiger partial charge in [-0.2, -0.15) is 0 Å². The second kappa shape index (κ2) is 6.33. The lowest BCUT2D eigenvalue weighted by molar-refractivity contribution is 0.0884. The Morgan fingerprint density at radius 3 is 2.21 bits per heavy atom. The Hall–Kier alpha value is -1.88. The van der Waals surface area contributed by atoms with Crippen LogP contribution in [-0.4, -0.2) is 29.1 Å². The number of nitrogens with one attached hydrogen (secondary N) is 1. The molecule has 0 aliphatic heterocycles. The van der Waals surface area contributed by atoms with Crippen molar-refractivity contribution in [3.05, 3.63) is 35.4 Å². The molecule has 0 aromatic heterocycles. The number of carbonyl (C=O) groups is 2. The van der Waals surface area contributed by atoms with Gasteiger partial charge < -0.3 is 16.2 Å². The van der Waals surface area contributed by atoms with Gasteiger partial charge in [0.15, 0.2) is 0 Å². The van der Waals surface area contributed by atoms with Crippen molar-refractivity contribution in [2.45, 2.75) is 32.2 Å². The van der Waals surface area contributed by atoms with Gasteiger partial charge in [0.25, 0.3) is 5.91 Å². The fourth-order valence-corrected chi connectivity index (χ4v) is 1.71. The van der Waals surface area contributed by atoms with E-state index in [1.54, 1.807) is 12.1 Å². The number of aliphatic hydroxyl groups excluding tert-OH is 1. The number of benzene rings is 1. The predicted octanol–water partition coefficient (Wildman–Crippen LogP) is 1.07. The molecule has 0 spiro atoms. The number of nitrogens with two attached hydrogens (primary N) is 1. The summed E-state index contributed by atoms with van der Waals surface area (Å²) < 4.78 is 0. The third kappa shape index (κ3) is 4.06. The van der Waals surface area contributed by atoms with E-state index in [0.717, 1.165) is 6.42 Å². The minimum absolute atomic E-state index is 0.0191. The maximum Gasteiger partial charge on any atom is 0.251 e. The molecule has 0 aliphatic rings. The van der Waals surface area contributed by atoms with E-state index in [4.69, 9.17) is 10.8 Å². The molecule has 5 nitrogen and oxygen atoms in total. The molecule has 5 heteroatoms. The van der Waals surface area contributed by atoms with E-state index < -0.39 is 11.4 Å². The zero-order chi connectivity index (χ0) is 14.5. The van der Waals surface area contributed by atoms with Crippen LogP contribution in [0.1, 0.15) is 47.4 Å². The average molecular weight is 264 g/mol. The van der Waals surface area contributed by atoms with E-state index in [1.165, 1.54) is 12.1 Å². The van der Waals surface area contributed by atoms with Gasteiger partial charge in [-0.1, -0.05) is 6.92 Å². The molecule has 19 heavy (non-hydrogen) atoms. The molecule has 1 rings (SSSR count). The van der Waals surface area contributed by atoms with Crippen LogP contribution in [0.15, 0.2) is 24.3 Å². The summed E-state index contributed by atoms with van der Waals surface area (Å²) in [6.07, 6.45) is 1.22. The van der Waals surface area contributed by atoms with Crippen LogP contribution < -0.4 is 11.1 Å². The topological polar surface area (TPSA) is 92.4 Å². The Labute approximate surface area is 112 Å². The number of hydrogen-bond acceptors (Lipinski definition) is 3. The quantitative estimate of drug-likeness (QED) is 0.717. The highest BCUT2D eigenvalue weighted by Crippen LogP contribution is 2.15. The molecule has 0 saturated heterocycles. The summed E-state index contributed by atoms with van der Waals surface area (Å²) in [4.78, 5) is 23.0. The van der Waals surface area contributed by atoms with Crippen LogP contribution in [0.2, 0.25) is 0 Å². The summed E-state index contributed by atoms with van der Waals surface area (Å²) in [6.45, 7) is 3.86. The molecule has 0 fully saturated rings. The van der Waals surface area contributed by atoms with Gasteiger partial charge >= 0.3 is 0 Å². The van der Waals surface area contributed by atoms with Crippen molar-refractivity contribution in [2.24, 2.45) is 5.73 Å². The summed E-state index contributed by atoms with van der Waals surface area (Å²) in [5.41, 5.74) is 5.53. The summed E-state index contributed by atoms with van der Waals surface area (Å²) in [5, 5.41) is 11.9. The van der Waals surface area contributed by atoms with Crippen molar-refractivity contribution in [3.63, 3.8) is 0 Å². The van der Waals surface area contributed by atoms with Gasteiger partial charge in [-0.3, -0.25) is 9.59 Å². The molecule has 0 bridgehead atoms. The maximum atomic E-state index is 12.1. The van der Waals surface area contributed by atoms with Crippen LogP contribution in [0.25, 0.3) is 0 Å². The standard InChI is InChI=1S/C14H20N2O3/c1-3-14(2,8-9-17)16-13(19)11-6-4-10(5-7-11)12(15)18/h4-7,17H,3,8-9H2,1-2H3,(H2,15,18)(H,16,19). The second-order valence-corrected chi connectivity index (χ2v) is 4.78. The van der Waals surface area contributed by atoms with Gasteiger partial charge in [0, 0.05) is 23.3 Å². The Kier molecular flexibility index (Phi) is 5.06. The minimum atomic E-state index is -0.523. The second-order valence-electron chi connectivity index (χ2n) is 4.78. The smallest absolute Gasteiger partial charge is 0.251 e. The first-order chi connectivity index (χ1) is 8.91. The summed E-state index contributed by atoms with van der Waals surface area (Å²) in [5.74, 6) is -0.751. The first-order valence-corrected chi connectivity index (χ1v) is 6.25. The van der Waals surface area contributed by atoms with Crippen LogP contribution in [0, 0.1) is 0 Å². The molecule has 4 N–H and O–H groups in total. The fourth-order valence-electron chi connectivity index (χ4n) is 1.71. The van der Waals surface area contributed by atoms with Crippen LogP contribution in [0.5, 0.6) is 0 Å². The van der Waals surface area contributed by atoms with Crippen LogP contribution >= 0.6 is 0 Å². The molecular weight excluding hydrogens is 244 g/mol. The molecule has 1 unspecified atom stereocenters. The van der Waals surface area contributed by atoms with Gasteiger partial charge in [0.05, 0.1) is 0 Å². The van der Waals surface area contributed by atoms with Crippen molar-refractivity contribution >= 4 is 11.8 Å².